The Hall–Kier alpha value is -1.18. The number of hydrogen-bond donors (Lipinski definition) is 2. The first-order valence-electron chi connectivity index (χ1n) is 5.36. The Morgan fingerprint density at radius 2 is 2.21 bits per heavy atom. The molecular weight excluding hydrogens is 172 g/mol. The predicted molar refractivity (Wildman–Crippen MR) is 61.4 cm³/mol. The van der Waals surface area contributed by atoms with Gasteiger partial charge in [0, 0.05) is 6.54 Å². The van der Waals surface area contributed by atoms with Crippen molar-refractivity contribution in [1.82, 2.24) is 0 Å². The van der Waals surface area contributed by atoms with Crippen LogP contribution in [0, 0.1) is 12.8 Å². The summed E-state index contributed by atoms with van der Waals surface area (Å²) in [4.78, 5) is 0. The van der Waals surface area contributed by atoms with Crippen molar-refractivity contribution < 1.29 is 0 Å². The number of anilines is 2. The van der Waals surface area contributed by atoms with Gasteiger partial charge in [-0.25, -0.2) is 0 Å². The molecule has 0 aromatic heterocycles. The van der Waals surface area contributed by atoms with Crippen molar-refractivity contribution in [2.45, 2.75) is 26.2 Å². The van der Waals surface area contributed by atoms with E-state index in [2.05, 4.69) is 24.4 Å². The third kappa shape index (κ3) is 2.41. The van der Waals surface area contributed by atoms with E-state index in [1.807, 2.05) is 6.07 Å². The monoisotopic (exact) mass is 190 g/mol. The predicted octanol–water partition coefficient (Wildman–Crippen LogP) is 2.79. The minimum atomic E-state index is 0.862. The lowest BCUT2D eigenvalue weighted by Gasteiger charge is -2.09. The number of hydrogen-bond acceptors (Lipinski definition) is 2. The minimum Gasteiger partial charge on any atom is -0.397 e. The van der Waals surface area contributed by atoms with Crippen LogP contribution in [0.2, 0.25) is 0 Å². The molecule has 0 unspecified atom stereocenters. The van der Waals surface area contributed by atoms with Gasteiger partial charge >= 0.3 is 0 Å². The Morgan fingerprint density at radius 1 is 1.43 bits per heavy atom. The van der Waals surface area contributed by atoms with Gasteiger partial charge in [-0.1, -0.05) is 18.9 Å². The van der Waals surface area contributed by atoms with E-state index >= 15 is 0 Å². The van der Waals surface area contributed by atoms with Crippen LogP contribution in [0.15, 0.2) is 18.2 Å². The largest absolute Gasteiger partial charge is 0.397 e. The lowest BCUT2D eigenvalue weighted by atomic mass is 10.2. The summed E-state index contributed by atoms with van der Waals surface area (Å²) in [5.41, 5.74) is 9.05. The fourth-order valence-electron chi connectivity index (χ4n) is 1.66. The average molecular weight is 190 g/mol. The van der Waals surface area contributed by atoms with E-state index in [0.717, 1.165) is 23.8 Å². The molecular formula is C12H18N2. The molecule has 0 radical (unpaired) electrons. The van der Waals surface area contributed by atoms with Crippen LogP contribution in [0.4, 0.5) is 11.4 Å². The zero-order valence-corrected chi connectivity index (χ0v) is 8.72. The first-order valence-corrected chi connectivity index (χ1v) is 5.36. The molecule has 0 heterocycles. The second-order valence-electron chi connectivity index (χ2n) is 4.25. The Morgan fingerprint density at radius 3 is 2.86 bits per heavy atom. The highest BCUT2D eigenvalue weighted by atomic mass is 14.9. The van der Waals surface area contributed by atoms with E-state index in [1.54, 1.807) is 0 Å². The number of nitrogen functional groups attached to an aromatic ring is 1. The maximum Gasteiger partial charge on any atom is 0.0574 e. The molecule has 1 saturated carbocycles. The SMILES string of the molecule is Cc1ccc(NCCC2CC2)c(N)c1. The van der Waals surface area contributed by atoms with Gasteiger partial charge in [-0.15, -0.1) is 0 Å². The quantitative estimate of drug-likeness (QED) is 0.716. The molecule has 0 saturated heterocycles. The summed E-state index contributed by atoms with van der Waals surface area (Å²) in [6, 6.07) is 6.17. The van der Waals surface area contributed by atoms with E-state index in [4.69, 9.17) is 5.73 Å². The van der Waals surface area contributed by atoms with E-state index in [1.165, 1.54) is 24.8 Å². The van der Waals surface area contributed by atoms with Gasteiger partial charge < -0.3 is 11.1 Å². The smallest absolute Gasteiger partial charge is 0.0574 e. The second kappa shape index (κ2) is 3.91. The lowest BCUT2D eigenvalue weighted by Crippen LogP contribution is -2.04. The summed E-state index contributed by atoms with van der Waals surface area (Å²) in [5.74, 6) is 0.981. The molecule has 2 rings (SSSR count). The van der Waals surface area contributed by atoms with Crippen molar-refractivity contribution in [2.75, 3.05) is 17.6 Å². The Kier molecular flexibility index (Phi) is 2.62. The highest BCUT2D eigenvalue weighted by Crippen LogP contribution is 2.32. The van der Waals surface area contributed by atoms with Crippen LogP contribution < -0.4 is 11.1 Å². The van der Waals surface area contributed by atoms with Crippen LogP contribution in [0.25, 0.3) is 0 Å². The Labute approximate surface area is 85.5 Å². The van der Waals surface area contributed by atoms with Crippen LogP contribution in [-0.4, -0.2) is 6.54 Å². The highest BCUT2D eigenvalue weighted by molar-refractivity contribution is 5.66. The molecule has 0 aliphatic heterocycles. The fourth-order valence-corrected chi connectivity index (χ4v) is 1.66. The van der Waals surface area contributed by atoms with Gasteiger partial charge in [0.25, 0.3) is 0 Å². The van der Waals surface area contributed by atoms with E-state index in [9.17, 15) is 0 Å². The van der Waals surface area contributed by atoms with Crippen LogP contribution in [0.3, 0.4) is 0 Å². The first kappa shape index (κ1) is 9.38. The minimum absolute atomic E-state index is 0.862. The fraction of sp³-hybridized carbons (Fsp3) is 0.500. The molecule has 2 heteroatoms. The molecule has 1 aromatic carbocycles. The van der Waals surface area contributed by atoms with Gasteiger partial charge in [-0.3, -0.25) is 0 Å². The van der Waals surface area contributed by atoms with E-state index in [0.29, 0.717) is 0 Å². The van der Waals surface area contributed by atoms with Crippen LogP contribution >= 0.6 is 0 Å². The number of benzene rings is 1. The molecule has 0 atom stereocenters. The second-order valence-corrected chi connectivity index (χ2v) is 4.25. The van der Waals surface area contributed by atoms with E-state index < -0.39 is 0 Å². The maximum atomic E-state index is 5.89. The first-order chi connectivity index (χ1) is 6.75. The molecule has 3 N–H and O–H groups in total. The highest BCUT2D eigenvalue weighted by Gasteiger charge is 2.20. The van der Waals surface area contributed by atoms with Crippen molar-refractivity contribution >= 4 is 11.4 Å². The molecule has 76 valence electrons. The molecule has 0 bridgehead atoms. The van der Waals surface area contributed by atoms with Crippen molar-refractivity contribution in [2.24, 2.45) is 5.92 Å². The van der Waals surface area contributed by atoms with Crippen LogP contribution in [-0.2, 0) is 0 Å². The third-order valence-corrected chi connectivity index (χ3v) is 2.77. The lowest BCUT2D eigenvalue weighted by molar-refractivity contribution is 0.760. The van der Waals surface area contributed by atoms with Crippen LogP contribution in [0.1, 0.15) is 24.8 Å². The molecule has 1 aromatic rings. The molecule has 1 aliphatic rings. The Balaban J connectivity index is 1.87. The topological polar surface area (TPSA) is 38.0 Å². The maximum absolute atomic E-state index is 5.89. The van der Waals surface area contributed by atoms with Gasteiger partial charge in [-0.05, 0) is 37.0 Å². The number of nitrogens with one attached hydrogen (secondary N) is 1. The summed E-state index contributed by atoms with van der Waals surface area (Å²) in [6.07, 6.45) is 4.13. The molecule has 0 spiro atoms. The average Bonchev–Trinajstić information content (AvgIpc) is 2.92. The zero-order chi connectivity index (χ0) is 9.97. The van der Waals surface area contributed by atoms with E-state index in [-0.39, 0.29) is 0 Å². The van der Waals surface area contributed by atoms with Crippen LogP contribution in [0.5, 0.6) is 0 Å². The van der Waals surface area contributed by atoms with Gasteiger partial charge in [0.05, 0.1) is 11.4 Å². The third-order valence-electron chi connectivity index (χ3n) is 2.77. The standard InChI is InChI=1S/C12H18N2/c1-9-2-5-12(11(13)8-9)14-7-6-10-3-4-10/h2,5,8,10,14H,3-4,6-7,13H2,1H3. The van der Waals surface area contributed by atoms with Gasteiger partial charge in [-0.2, -0.15) is 0 Å². The number of rotatable bonds is 4. The van der Waals surface area contributed by atoms with Crippen molar-refractivity contribution in [3.8, 4) is 0 Å². The summed E-state index contributed by atoms with van der Waals surface area (Å²) in [7, 11) is 0. The van der Waals surface area contributed by atoms with Gasteiger partial charge in [0.2, 0.25) is 0 Å². The molecule has 0 amide bonds. The summed E-state index contributed by atoms with van der Waals surface area (Å²) < 4.78 is 0. The molecule has 2 nitrogen and oxygen atoms in total. The number of aryl methyl sites for hydroxylation is 1. The molecule has 14 heavy (non-hydrogen) atoms. The number of nitrogens with two attached hydrogens (primary N) is 1. The molecule has 1 aliphatic carbocycles. The summed E-state index contributed by atoms with van der Waals surface area (Å²) >= 11 is 0. The molecule has 1 fully saturated rings. The van der Waals surface area contributed by atoms with Crippen molar-refractivity contribution in [3.63, 3.8) is 0 Å². The normalized spacial score (nSPS) is 15.5. The van der Waals surface area contributed by atoms with Gasteiger partial charge in [0.1, 0.15) is 0 Å². The van der Waals surface area contributed by atoms with Crippen molar-refractivity contribution in [1.29, 1.82) is 0 Å². The van der Waals surface area contributed by atoms with Gasteiger partial charge in [0.15, 0.2) is 0 Å². The summed E-state index contributed by atoms with van der Waals surface area (Å²) in [6.45, 7) is 3.11. The van der Waals surface area contributed by atoms with Crippen molar-refractivity contribution in [3.05, 3.63) is 23.8 Å². The summed E-state index contributed by atoms with van der Waals surface area (Å²) in [5, 5.41) is 3.39. The Bertz CT molecular complexity index is 316. The zero-order valence-electron chi connectivity index (χ0n) is 8.72.